The van der Waals surface area contributed by atoms with E-state index in [4.69, 9.17) is 9.47 Å². The maximum Gasteiger partial charge on any atom is 0.185 e. The van der Waals surface area contributed by atoms with Gasteiger partial charge in [-0.2, -0.15) is 0 Å². The molecule has 0 unspecified atom stereocenters. The van der Waals surface area contributed by atoms with Crippen LogP contribution in [0.3, 0.4) is 0 Å². The Morgan fingerprint density at radius 2 is 1.23 bits per heavy atom. The third kappa shape index (κ3) is 4.95. The molecule has 0 spiro atoms. The number of allylic oxidation sites excluding steroid dienone is 2. The molecule has 3 aromatic carbocycles. The molecule has 0 aromatic heterocycles. The maximum atomic E-state index is 13.4. The molecule has 1 saturated carbocycles. The van der Waals surface area contributed by atoms with E-state index < -0.39 is 0 Å². The SMILES string of the molecule is COc1cccc(/C=C2\CC(c3ccccc3)C/C(=C\c3cccc(OC)c3)C2=O)c1. The van der Waals surface area contributed by atoms with E-state index in [-0.39, 0.29) is 11.7 Å². The molecule has 0 amide bonds. The van der Waals surface area contributed by atoms with Crippen molar-refractivity contribution < 1.29 is 14.3 Å². The number of benzene rings is 3. The summed E-state index contributed by atoms with van der Waals surface area (Å²) in [5.41, 5.74) is 4.84. The number of Topliss-reactive ketones (excluding diaryl/α,β-unsaturated/α-hetero) is 1. The molecule has 3 heteroatoms. The summed E-state index contributed by atoms with van der Waals surface area (Å²) >= 11 is 0. The van der Waals surface area contributed by atoms with Gasteiger partial charge in [0.25, 0.3) is 0 Å². The van der Waals surface area contributed by atoms with Gasteiger partial charge in [-0.15, -0.1) is 0 Å². The minimum absolute atomic E-state index is 0.109. The normalized spacial score (nSPS) is 18.9. The van der Waals surface area contributed by atoms with E-state index in [9.17, 15) is 4.79 Å². The van der Waals surface area contributed by atoms with Crippen LogP contribution < -0.4 is 9.47 Å². The lowest BCUT2D eigenvalue weighted by Gasteiger charge is -2.26. The summed E-state index contributed by atoms with van der Waals surface area (Å²) in [6.07, 6.45) is 5.43. The number of carbonyl (C=O) groups excluding carboxylic acids is 1. The predicted octanol–water partition coefficient (Wildman–Crippen LogP) is 6.32. The zero-order valence-corrected chi connectivity index (χ0v) is 17.9. The molecule has 1 fully saturated rings. The van der Waals surface area contributed by atoms with Gasteiger partial charge in [-0.25, -0.2) is 0 Å². The van der Waals surface area contributed by atoms with Crippen LogP contribution in [0.1, 0.15) is 35.4 Å². The molecule has 0 bridgehead atoms. The Kier molecular flexibility index (Phi) is 6.32. The fourth-order valence-electron chi connectivity index (χ4n) is 4.07. The van der Waals surface area contributed by atoms with Crippen LogP contribution in [0.15, 0.2) is 90.0 Å². The molecule has 4 rings (SSSR count). The first-order chi connectivity index (χ1) is 15.2. The minimum Gasteiger partial charge on any atom is -0.497 e. The van der Waals surface area contributed by atoms with Crippen LogP contribution in [-0.2, 0) is 4.79 Å². The van der Waals surface area contributed by atoms with Crippen molar-refractivity contribution in [2.24, 2.45) is 0 Å². The van der Waals surface area contributed by atoms with Crippen molar-refractivity contribution in [1.82, 2.24) is 0 Å². The van der Waals surface area contributed by atoms with Crippen LogP contribution in [0.25, 0.3) is 12.2 Å². The van der Waals surface area contributed by atoms with Crippen molar-refractivity contribution in [2.45, 2.75) is 18.8 Å². The third-order valence-corrected chi connectivity index (χ3v) is 5.66. The van der Waals surface area contributed by atoms with E-state index in [0.717, 1.165) is 46.6 Å². The summed E-state index contributed by atoms with van der Waals surface area (Å²) in [5.74, 6) is 1.93. The number of rotatable bonds is 5. The molecule has 31 heavy (non-hydrogen) atoms. The van der Waals surface area contributed by atoms with Crippen molar-refractivity contribution in [3.63, 3.8) is 0 Å². The van der Waals surface area contributed by atoms with Crippen LogP contribution in [0.5, 0.6) is 11.5 Å². The Labute approximate surface area is 183 Å². The van der Waals surface area contributed by atoms with Gasteiger partial charge in [-0.3, -0.25) is 4.79 Å². The van der Waals surface area contributed by atoms with Crippen LogP contribution in [0.2, 0.25) is 0 Å². The Bertz CT molecular complexity index is 1060. The van der Waals surface area contributed by atoms with E-state index in [1.165, 1.54) is 5.56 Å². The maximum absolute atomic E-state index is 13.4. The van der Waals surface area contributed by atoms with Gasteiger partial charge in [-0.05, 0) is 71.9 Å². The number of ketones is 1. The number of hydrogen-bond donors (Lipinski definition) is 0. The highest BCUT2D eigenvalue weighted by Gasteiger charge is 2.28. The quantitative estimate of drug-likeness (QED) is 0.462. The van der Waals surface area contributed by atoms with Crippen molar-refractivity contribution in [1.29, 1.82) is 0 Å². The molecule has 1 aliphatic rings. The second-order valence-electron chi connectivity index (χ2n) is 7.74. The topological polar surface area (TPSA) is 35.5 Å². The van der Waals surface area contributed by atoms with Gasteiger partial charge in [0.05, 0.1) is 14.2 Å². The first-order valence-electron chi connectivity index (χ1n) is 10.4. The van der Waals surface area contributed by atoms with Crippen molar-refractivity contribution in [3.8, 4) is 11.5 Å². The fourth-order valence-corrected chi connectivity index (χ4v) is 4.07. The second kappa shape index (κ2) is 9.48. The smallest absolute Gasteiger partial charge is 0.185 e. The van der Waals surface area contributed by atoms with Gasteiger partial charge in [0.1, 0.15) is 11.5 Å². The lowest BCUT2D eigenvalue weighted by molar-refractivity contribution is -0.113. The summed E-state index contributed by atoms with van der Waals surface area (Å²) in [5, 5.41) is 0. The average Bonchev–Trinajstić information content (AvgIpc) is 2.82. The Morgan fingerprint density at radius 3 is 1.71 bits per heavy atom. The Morgan fingerprint density at radius 1 is 0.710 bits per heavy atom. The van der Waals surface area contributed by atoms with Gasteiger partial charge in [0.2, 0.25) is 0 Å². The van der Waals surface area contributed by atoms with Gasteiger partial charge in [0, 0.05) is 11.1 Å². The van der Waals surface area contributed by atoms with E-state index in [1.807, 2.05) is 66.7 Å². The van der Waals surface area contributed by atoms with Gasteiger partial charge >= 0.3 is 0 Å². The summed E-state index contributed by atoms with van der Waals surface area (Å²) in [6, 6.07) is 26.1. The second-order valence-corrected chi connectivity index (χ2v) is 7.74. The van der Waals surface area contributed by atoms with Crippen molar-refractivity contribution >= 4 is 17.9 Å². The van der Waals surface area contributed by atoms with Crippen LogP contribution in [0, 0.1) is 0 Å². The number of ether oxygens (including phenoxy) is 2. The highest BCUT2D eigenvalue weighted by molar-refractivity contribution is 6.14. The van der Waals surface area contributed by atoms with Crippen LogP contribution >= 0.6 is 0 Å². The molecule has 3 nitrogen and oxygen atoms in total. The number of carbonyl (C=O) groups is 1. The summed E-state index contributed by atoms with van der Waals surface area (Å²) in [6.45, 7) is 0. The first kappa shape index (κ1) is 20.7. The summed E-state index contributed by atoms with van der Waals surface area (Å²) in [4.78, 5) is 13.4. The van der Waals surface area contributed by atoms with Crippen molar-refractivity contribution in [3.05, 3.63) is 107 Å². The number of methoxy groups -OCH3 is 2. The molecular weight excluding hydrogens is 384 g/mol. The van der Waals surface area contributed by atoms with Crippen molar-refractivity contribution in [2.75, 3.05) is 14.2 Å². The average molecular weight is 411 g/mol. The standard InChI is InChI=1S/C28H26O3/c1-30-26-12-6-8-20(16-26)14-24-18-23(22-10-4-3-5-11-22)19-25(28(24)29)15-21-9-7-13-27(17-21)31-2/h3-17,23H,18-19H2,1-2H3/b24-14+,25-15+. The zero-order valence-electron chi connectivity index (χ0n) is 17.9. The minimum atomic E-state index is 0.109. The third-order valence-electron chi connectivity index (χ3n) is 5.66. The predicted molar refractivity (Wildman–Crippen MR) is 125 cm³/mol. The molecular formula is C28H26O3. The van der Waals surface area contributed by atoms with E-state index in [1.54, 1.807) is 14.2 Å². The molecule has 0 atom stereocenters. The fraction of sp³-hybridized carbons (Fsp3) is 0.179. The Balaban J connectivity index is 1.74. The monoisotopic (exact) mass is 410 g/mol. The molecule has 0 N–H and O–H groups in total. The molecule has 3 aromatic rings. The number of hydrogen-bond acceptors (Lipinski definition) is 3. The highest BCUT2D eigenvalue weighted by atomic mass is 16.5. The highest BCUT2D eigenvalue weighted by Crippen LogP contribution is 2.38. The summed E-state index contributed by atoms with van der Waals surface area (Å²) in [7, 11) is 3.30. The van der Waals surface area contributed by atoms with Gasteiger partial charge in [-0.1, -0.05) is 54.6 Å². The molecule has 1 aliphatic carbocycles. The molecule has 0 radical (unpaired) electrons. The first-order valence-corrected chi connectivity index (χ1v) is 10.4. The molecule has 156 valence electrons. The van der Waals surface area contributed by atoms with Gasteiger partial charge < -0.3 is 9.47 Å². The lowest BCUT2D eigenvalue weighted by atomic mass is 9.77. The van der Waals surface area contributed by atoms with Gasteiger partial charge in [0.15, 0.2) is 5.78 Å². The van der Waals surface area contributed by atoms with Crippen LogP contribution in [-0.4, -0.2) is 20.0 Å². The van der Waals surface area contributed by atoms with E-state index in [0.29, 0.717) is 0 Å². The molecule has 0 heterocycles. The Hall–Kier alpha value is -3.59. The van der Waals surface area contributed by atoms with Crippen LogP contribution in [0.4, 0.5) is 0 Å². The van der Waals surface area contributed by atoms with E-state index in [2.05, 4.69) is 24.3 Å². The molecule has 0 saturated heterocycles. The lowest BCUT2D eigenvalue weighted by Crippen LogP contribution is -2.19. The summed E-state index contributed by atoms with van der Waals surface area (Å²) < 4.78 is 10.7. The van der Waals surface area contributed by atoms with E-state index >= 15 is 0 Å². The zero-order chi connectivity index (χ0) is 21.6. The largest absolute Gasteiger partial charge is 0.497 e. The molecule has 0 aliphatic heterocycles.